The van der Waals surface area contributed by atoms with Crippen molar-refractivity contribution >= 4 is 16.8 Å². The monoisotopic (exact) mass is 452 g/mol. The number of carbonyl (C=O) groups excluding carboxylic acids is 1. The van der Waals surface area contributed by atoms with Crippen LogP contribution in [0.3, 0.4) is 0 Å². The van der Waals surface area contributed by atoms with Crippen LogP contribution in [0.25, 0.3) is 16.6 Å². The fraction of sp³-hybridized carbons (Fsp3) is 0.154. The number of carbonyl (C=O) groups is 1. The van der Waals surface area contributed by atoms with E-state index in [4.69, 9.17) is 9.72 Å². The van der Waals surface area contributed by atoms with Gasteiger partial charge in [0.15, 0.2) is 6.23 Å². The summed E-state index contributed by atoms with van der Waals surface area (Å²) in [6.07, 6.45) is -0.956. The average molecular weight is 452 g/mol. The molecule has 0 radical (unpaired) electrons. The molecule has 8 heteroatoms. The molecule has 1 amide bonds. The van der Waals surface area contributed by atoms with E-state index in [9.17, 15) is 20.0 Å². The lowest BCUT2D eigenvalue weighted by atomic mass is 10.0. The summed E-state index contributed by atoms with van der Waals surface area (Å²) in [4.78, 5) is 32.4. The van der Waals surface area contributed by atoms with E-state index < -0.39 is 12.1 Å². The van der Waals surface area contributed by atoms with Crippen molar-refractivity contribution in [1.29, 1.82) is 5.26 Å². The van der Waals surface area contributed by atoms with Crippen LogP contribution < -0.4 is 10.3 Å². The van der Waals surface area contributed by atoms with Crippen LogP contribution in [0.15, 0.2) is 71.5 Å². The average Bonchev–Trinajstić information content (AvgIpc) is 3.12. The molecular formula is C26H20N4O4. The Hall–Kier alpha value is -4.48. The van der Waals surface area contributed by atoms with Crippen molar-refractivity contribution in [2.24, 2.45) is 0 Å². The second-order valence-electron chi connectivity index (χ2n) is 7.89. The van der Waals surface area contributed by atoms with Gasteiger partial charge in [-0.15, -0.1) is 0 Å². The summed E-state index contributed by atoms with van der Waals surface area (Å²) >= 11 is 0. The maximum absolute atomic E-state index is 13.4. The lowest BCUT2D eigenvalue weighted by Crippen LogP contribution is -2.32. The Bertz CT molecular complexity index is 1520. The number of nitriles is 1. The van der Waals surface area contributed by atoms with E-state index in [1.54, 1.807) is 67.8 Å². The minimum absolute atomic E-state index is 0.112. The van der Waals surface area contributed by atoms with E-state index in [2.05, 4.69) is 0 Å². The number of methoxy groups -OCH3 is 1. The minimum Gasteiger partial charge on any atom is -0.497 e. The Morgan fingerprint density at radius 2 is 1.82 bits per heavy atom. The van der Waals surface area contributed by atoms with Gasteiger partial charge >= 0.3 is 0 Å². The van der Waals surface area contributed by atoms with Crippen LogP contribution in [0.1, 0.15) is 33.5 Å². The number of ether oxygens (including phenoxy) is 1. The molecule has 1 aliphatic heterocycles. The predicted molar refractivity (Wildman–Crippen MR) is 125 cm³/mol. The number of rotatable bonds is 5. The first kappa shape index (κ1) is 21.4. The van der Waals surface area contributed by atoms with E-state index in [0.717, 1.165) is 0 Å². The van der Waals surface area contributed by atoms with Crippen molar-refractivity contribution in [3.8, 4) is 17.5 Å². The highest BCUT2D eigenvalue weighted by atomic mass is 16.5. The van der Waals surface area contributed by atoms with Crippen molar-refractivity contribution in [3.05, 3.63) is 99.6 Å². The zero-order chi connectivity index (χ0) is 23.8. The van der Waals surface area contributed by atoms with Gasteiger partial charge in [0.1, 0.15) is 11.6 Å². The predicted octanol–water partition coefficient (Wildman–Crippen LogP) is 2.96. The Labute approximate surface area is 194 Å². The number of aliphatic hydroxyl groups is 1. The standard InChI is InChI=1S/C26H20N4O4/c1-34-18-11-9-17(10-12-18)30-22(28-21-8-3-2-6-19(21)25(30)32)13-14-29-24(31)20-7-4-5-16(15-27)23(20)26(29)33/h2-12,24,31H,13-14H2,1H3. The largest absolute Gasteiger partial charge is 0.497 e. The molecule has 1 unspecified atom stereocenters. The van der Waals surface area contributed by atoms with Crippen molar-refractivity contribution < 1.29 is 14.6 Å². The number of para-hydroxylation sites is 1. The van der Waals surface area contributed by atoms with E-state index in [-0.39, 0.29) is 29.7 Å². The first-order valence-corrected chi connectivity index (χ1v) is 10.7. The minimum atomic E-state index is -1.17. The smallest absolute Gasteiger partial charge is 0.265 e. The second kappa shape index (κ2) is 8.46. The molecule has 1 aliphatic rings. The zero-order valence-electron chi connectivity index (χ0n) is 18.3. The number of nitrogens with zero attached hydrogens (tertiary/aromatic N) is 4. The Balaban J connectivity index is 1.55. The number of aliphatic hydroxyl groups excluding tert-OH is 1. The summed E-state index contributed by atoms with van der Waals surface area (Å²) in [6.45, 7) is 0.112. The molecule has 0 saturated heterocycles. The summed E-state index contributed by atoms with van der Waals surface area (Å²) in [5.74, 6) is 0.688. The van der Waals surface area contributed by atoms with Crippen LogP contribution in [0.2, 0.25) is 0 Å². The summed E-state index contributed by atoms with van der Waals surface area (Å²) in [5.41, 5.74) is 1.79. The highest BCUT2D eigenvalue weighted by Crippen LogP contribution is 2.33. The number of benzene rings is 3. The van der Waals surface area contributed by atoms with E-state index in [1.165, 1.54) is 9.47 Å². The number of hydrogen-bond donors (Lipinski definition) is 1. The van der Waals surface area contributed by atoms with Crippen LogP contribution in [0.4, 0.5) is 0 Å². The van der Waals surface area contributed by atoms with Gasteiger partial charge < -0.3 is 14.7 Å². The third-order valence-electron chi connectivity index (χ3n) is 6.02. The fourth-order valence-corrected chi connectivity index (χ4v) is 4.33. The molecule has 2 heterocycles. The van der Waals surface area contributed by atoms with Crippen molar-refractivity contribution in [1.82, 2.24) is 14.5 Å². The molecule has 0 spiro atoms. The molecule has 34 heavy (non-hydrogen) atoms. The second-order valence-corrected chi connectivity index (χ2v) is 7.89. The highest BCUT2D eigenvalue weighted by Gasteiger charge is 2.37. The topological polar surface area (TPSA) is 108 Å². The van der Waals surface area contributed by atoms with Gasteiger partial charge in [-0.2, -0.15) is 5.26 Å². The van der Waals surface area contributed by atoms with Gasteiger partial charge in [-0.1, -0.05) is 24.3 Å². The molecule has 4 aromatic rings. The van der Waals surface area contributed by atoms with E-state index in [0.29, 0.717) is 33.7 Å². The maximum Gasteiger partial charge on any atom is 0.265 e. The Kier molecular flexibility index (Phi) is 5.32. The van der Waals surface area contributed by atoms with Gasteiger partial charge in [0, 0.05) is 18.5 Å². The van der Waals surface area contributed by atoms with Crippen LogP contribution in [-0.2, 0) is 6.42 Å². The van der Waals surface area contributed by atoms with Gasteiger partial charge in [-0.05, 0) is 42.5 Å². The van der Waals surface area contributed by atoms with Gasteiger partial charge in [-0.3, -0.25) is 14.2 Å². The number of fused-ring (bicyclic) bond motifs is 2. The Morgan fingerprint density at radius 3 is 2.56 bits per heavy atom. The molecule has 168 valence electrons. The normalized spacial score (nSPS) is 14.8. The first-order chi connectivity index (χ1) is 16.5. The molecule has 1 aromatic heterocycles. The zero-order valence-corrected chi connectivity index (χ0v) is 18.3. The van der Waals surface area contributed by atoms with Crippen LogP contribution in [0.5, 0.6) is 5.75 Å². The molecule has 0 bridgehead atoms. The third-order valence-corrected chi connectivity index (χ3v) is 6.02. The van der Waals surface area contributed by atoms with Gasteiger partial charge in [0.2, 0.25) is 0 Å². The number of aromatic nitrogens is 2. The van der Waals surface area contributed by atoms with Crippen molar-refractivity contribution in [3.63, 3.8) is 0 Å². The summed E-state index contributed by atoms with van der Waals surface area (Å²) in [7, 11) is 1.57. The van der Waals surface area contributed by atoms with E-state index in [1.807, 2.05) is 12.1 Å². The molecule has 0 aliphatic carbocycles. The third kappa shape index (κ3) is 3.39. The molecule has 1 atom stereocenters. The molecular weight excluding hydrogens is 432 g/mol. The fourth-order valence-electron chi connectivity index (χ4n) is 4.33. The molecule has 1 N–H and O–H groups in total. The van der Waals surface area contributed by atoms with Crippen molar-refractivity contribution in [2.45, 2.75) is 12.6 Å². The van der Waals surface area contributed by atoms with E-state index >= 15 is 0 Å². The first-order valence-electron chi connectivity index (χ1n) is 10.7. The highest BCUT2D eigenvalue weighted by molar-refractivity contribution is 6.01. The summed E-state index contributed by atoms with van der Waals surface area (Å²) in [6, 6.07) is 21.0. The number of amides is 1. The van der Waals surface area contributed by atoms with Gasteiger partial charge in [0.25, 0.3) is 11.5 Å². The molecule has 0 fully saturated rings. The SMILES string of the molecule is COc1ccc(-n2c(CCN3C(=O)c4c(C#N)cccc4C3O)nc3ccccc3c2=O)cc1. The lowest BCUT2D eigenvalue weighted by molar-refractivity contribution is 0.0180. The molecule has 5 rings (SSSR count). The summed E-state index contributed by atoms with van der Waals surface area (Å²) in [5, 5.41) is 20.6. The summed E-state index contributed by atoms with van der Waals surface area (Å²) < 4.78 is 6.74. The van der Waals surface area contributed by atoms with Crippen LogP contribution >= 0.6 is 0 Å². The van der Waals surface area contributed by atoms with Gasteiger partial charge in [0.05, 0.1) is 40.9 Å². The van der Waals surface area contributed by atoms with Crippen molar-refractivity contribution in [2.75, 3.05) is 13.7 Å². The van der Waals surface area contributed by atoms with Gasteiger partial charge in [-0.25, -0.2) is 4.98 Å². The molecule has 0 saturated carbocycles. The Morgan fingerprint density at radius 1 is 1.06 bits per heavy atom. The molecule has 3 aromatic carbocycles. The quantitative estimate of drug-likeness (QED) is 0.499. The maximum atomic E-state index is 13.4. The number of hydrogen-bond acceptors (Lipinski definition) is 6. The van der Waals surface area contributed by atoms with Crippen LogP contribution in [-0.4, -0.2) is 39.1 Å². The molecule has 8 nitrogen and oxygen atoms in total. The lowest BCUT2D eigenvalue weighted by Gasteiger charge is -2.22. The van der Waals surface area contributed by atoms with Crippen LogP contribution in [0, 0.1) is 11.3 Å².